The first-order valence-corrected chi connectivity index (χ1v) is 6.69. The molecular formula is C16H16ClN. The van der Waals surface area contributed by atoms with Gasteiger partial charge >= 0.3 is 0 Å². The van der Waals surface area contributed by atoms with E-state index in [4.69, 9.17) is 11.6 Å². The van der Waals surface area contributed by atoms with Crippen LogP contribution in [0.3, 0.4) is 0 Å². The van der Waals surface area contributed by atoms with Crippen LogP contribution >= 0.6 is 11.6 Å². The molecule has 1 fully saturated rings. The standard InChI is InChI=1S/C16H16ClN/c1-18-16-10-15(16)13-6-2-4-11(8-13)12-5-3-7-14(17)9-12/h2-9,15-16,18H,10H2,1H3. The number of likely N-dealkylation sites (N-methyl/N-ethyl adjacent to an activating group) is 1. The Morgan fingerprint density at radius 3 is 2.44 bits per heavy atom. The van der Waals surface area contributed by atoms with E-state index in [0.29, 0.717) is 12.0 Å². The highest BCUT2D eigenvalue weighted by atomic mass is 35.5. The molecule has 0 radical (unpaired) electrons. The number of hydrogen-bond acceptors (Lipinski definition) is 1. The number of rotatable bonds is 3. The van der Waals surface area contributed by atoms with Gasteiger partial charge in [0.05, 0.1) is 0 Å². The summed E-state index contributed by atoms with van der Waals surface area (Å²) < 4.78 is 0. The van der Waals surface area contributed by atoms with Crippen LogP contribution in [0, 0.1) is 0 Å². The fourth-order valence-corrected chi connectivity index (χ4v) is 2.69. The quantitative estimate of drug-likeness (QED) is 0.874. The lowest BCUT2D eigenvalue weighted by Gasteiger charge is -2.06. The normalized spacial score (nSPS) is 21.9. The summed E-state index contributed by atoms with van der Waals surface area (Å²) >= 11 is 6.05. The largest absolute Gasteiger partial charge is 0.316 e. The smallest absolute Gasteiger partial charge is 0.0412 e. The number of halogens is 1. The van der Waals surface area contributed by atoms with Crippen LogP contribution in [0.5, 0.6) is 0 Å². The first-order valence-electron chi connectivity index (χ1n) is 6.31. The van der Waals surface area contributed by atoms with E-state index in [0.717, 1.165) is 5.02 Å². The van der Waals surface area contributed by atoms with Gasteiger partial charge in [0.15, 0.2) is 0 Å². The van der Waals surface area contributed by atoms with Crippen molar-refractivity contribution in [1.82, 2.24) is 5.32 Å². The van der Waals surface area contributed by atoms with Crippen LogP contribution < -0.4 is 5.32 Å². The molecule has 2 atom stereocenters. The Morgan fingerprint density at radius 1 is 1.06 bits per heavy atom. The summed E-state index contributed by atoms with van der Waals surface area (Å²) in [6.07, 6.45) is 1.25. The topological polar surface area (TPSA) is 12.0 Å². The lowest BCUT2D eigenvalue weighted by molar-refractivity contribution is 0.784. The molecule has 1 N–H and O–H groups in total. The molecule has 2 unspecified atom stereocenters. The van der Waals surface area contributed by atoms with Crippen molar-refractivity contribution >= 4 is 11.6 Å². The van der Waals surface area contributed by atoms with E-state index in [9.17, 15) is 0 Å². The Bertz CT molecular complexity index is 565. The lowest BCUT2D eigenvalue weighted by Crippen LogP contribution is -2.10. The zero-order valence-corrected chi connectivity index (χ0v) is 11.1. The van der Waals surface area contributed by atoms with Crippen molar-refractivity contribution in [3.63, 3.8) is 0 Å². The van der Waals surface area contributed by atoms with Crippen LogP contribution in [-0.4, -0.2) is 13.1 Å². The summed E-state index contributed by atoms with van der Waals surface area (Å²) in [5.74, 6) is 0.675. The van der Waals surface area contributed by atoms with Crippen LogP contribution in [0.4, 0.5) is 0 Å². The highest BCUT2D eigenvalue weighted by Crippen LogP contribution is 2.41. The minimum Gasteiger partial charge on any atom is -0.316 e. The van der Waals surface area contributed by atoms with E-state index in [1.54, 1.807) is 0 Å². The van der Waals surface area contributed by atoms with Crippen molar-refractivity contribution < 1.29 is 0 Å². The van der Waals surface area contributed by atoms with Crippen LogP contribution in [-0.2, 0) is 0 Å². The third-order valence-corrected chi connectivity index (χ3v) is 3.87. The predicted octanol–water partition coefficient (Wildman–Crippen LogP) is 4.08. The molecule has 1 aliphatic rings. The number of hydrogen-bond donors (Lipinski definition) is 1. The maximum absolute atomic E-state index is 6.05. The zero-order valence-electron chi connectivity index (χ0n) is 10.4. The molecule has 0 amide bonds. The Morgan fingerprint density at radius 2 is 1.78 bits per heavy atom. The van der Waals surface area contributed by atoms with E-state index in [1.165, 1.54) is 23.1 Å². The first-order chi connectivity index (χ1) is 8.78. The summed E-state index contributed by atoms with van der Waals surface area (Å²) in [7, 11) is 2.03. The van der Waals surface area contributed by atoms with Gasteiger partial charge in [-0.3, -0.25) is 0 Å². The molecule has 2 aromatic rings. The fourth-order valence-electron chi connectivity index (χ4n) is 2.50. The van der Waals surface area contributed by atoms with Gasteiger partial charge in [0.25, 0.3) is 0 Å². The molecule has 0 spiro atoms. The molecule has 2 heteroatoms. The highest BCUT2D eigenvalue weighted by molar-refractivity contribution is 6.30. The van der Waals surface area contributed by atoms with Gasteiger partial charge in [-0.25, -0.2) is 0 Å². The van der Waals surface area contributed by atoms with Gasteiger partial charge < -0.3 is 5.32 Å². The minimum atomic E-state index is 0.652. The SMILES string of the molecule is CNC1CC1c1cccc(-c2cccc(Cl)c2)c1. The van der Waals surface area contributed by atoms with E-state index < -0.39 is 0 Å². The molecule has 1 nitrogen and oxygen atoms in total. The van der Waals surface area contributed by atoms with Crippen molar-refractivity contribution in [3.05, 3.63) is 59.1 Å². The van der Waals surface area contributed by atoms with Crippen LogP contribution in [0.1, 0.15) is 17.9 Å². The molecule has 0 saturated heterocycles. The monoisotopic (exact) mass is 257 g/mol. The maximum Gasteiger partial charge on any atom is 0.0412 e. The summed E-state index contributed by atoms with van der Waals surface area (Å²) in [5.41, 5.74) is 3.86. The number of nitrogens with one attached hydrogen (secondary N) is 1. The van der Waals surface area contributed by atoms with Crippen molar-refractivity contribution in [2.45, 2.75) is 18.4 Å². The van der Waals surface area contributed by atoms with E-state index in [-0.39, 0.29) is 0 Å². The molecule has 1 saturated carbocycles. The maximum atomic E-state index is 6.05. The summed E-state index contributed by atoms with van der Waals surface area (Å²) in [6.45, 7) is 0. The zero-order chi connectivity index (χ0) is 12.5. The second kappa shape index (κ2) is 4.75. The van der Waals surface area contributed by atoms with Crippen molar-refractivity contribution in [3.8, 4) is 11.1 Å². The van der Waals surface area contributed by atoms with Gasteiger partial charge in [-0.05, 0) is 42.3 Å². The molecule has 0 aromatic heterocycles. The molecule has 0 aliphatic heterocycles. The highest BCUT2D eigenvalue weighted by Gasteiger charge is 2.36. The second-order valence-electron chi connectivity index (χ2n) is 4.87. The minimum absolute atomic E-state index is 0.652. The van der Waals surface area contributed by atoms with Crippen molar-refractivity contribution in [2.24, 2.45) is 0 Å². The van der Waals surface area contributed by atoms with Crippen molar-refractivity contribution in [2.75, 3.05) is 7.05 Å². The van der Waals surface area contributed by atoms with Crippen LogP contribution in [0.2, 0.25) is 5.02 Å². The van der Waals surface area contributed by atoms with Crippen LogP contribution in [0.25, 0.3) is 11.1 Å². The van der Waals surface area contributed by atoms with Crippen molar-refractivity contribution in [1.29, 1.82) is 0 Å². The Balaban J connectivity index is 1.92. The second-order valence-corrected chi connectivity index (χ2v) is 5.31. The lowest BCUT2D eigenvalue weighted by atomic mass is 10.0. The number of benzene rings is 2. The van der Waals surface area contributed by atoms with Gasteiger partial charge in [-0.1, -0.05) is 48.0 Å². The van der Waals surface area contributed by atoms with Gasteiger partial charge in [-0.2, -0.15) is 0 Å². The van der Waals surface area contributed by atoms with Gasteiger partial charge in [0, 0.05) is 17.0 Å². The first kappa shape index (κ1) is 11.8. The predicted molar refractivity (Wildman–Crippen MR) is 77.1 cm³/mol. The Kier molecular flexibility index (Phi) is 3.11. The summed E-state index contributed by atoms with van der Waals surface area (Å²) in [4.78, 5) is 0. The summed E-state index contributed by atoms with van der Waals surface area (Å²) in [5, 5.41) is 4.12. The Labute approximate surface area is 113 Å². The molecule has 2 aromatic carbocycles. The third kappa shape index (κ3) is 2.29. The fraction of sp³-hybridized carbons (Fsp3) is 0.250. The van der Waals surface area contributed by atoms with E-state index in [2.05, 4.69) is 35.6 Å². The average Bonchev–Trinajstić information content (AvgIpc) is 3.18. The van der Waals surface area contributed by atoms with Gasteiger partial charge in [-0.15, -0.1) is 0 Å². The molecule has 92 valence electrons. The average molecular weight is 258 g/mol. The third-order valence-electron chi connectivity index (χ3n) is 3.63. The molecular weight excluding hydrogens is 242 g/mol. The molecule has 18 heavy (non-hydrogen) atoms. The van der Waals surface area contributed by atoms with Crippen LogP contribution in [0.15, 0.2) is 48.5 Å². The van der Waals surface area contributed by atoms with E-state index in [1.807, 2.05) is 25.2 Å². The van der Waals surface area contributed by atoms with Gasteiger partial charge in [0.2, 0.25) is 0 Å². The molecule has 1 aliphatic carbocycles. The molecule has 3 rings (SSSR count). The molecule has 0 bridgehead atoms. The van der Waals surface area contributed by atoms with E-state index >= 15 is 0 Å². The van der Waals surface area contributed by atoms with Gasteiger partial charge in [0.1, 0.15) is 0 Å². The molecule has 0 heterocycles. The summed E-state index contributed by atoms with van der Waals surface area (Å²) in [6, 6.07) is 17.5. The Hall–Kier alpha value is -1.31.